The van der Waals surface area contributed by atoms with Crippen LogP contribution >= 0.6 is 0 Å². The van der Waals surface area contributed by atoms with E-state index < -0.39 is 5.97 Å². The third-order valence-corrected chi connectivity index (χ3v) is 2.51. The molecule has 1 aromatic rings. The number of hydrogen-bond acceptors (Lipinski definition) is 4. The van der Waals surface area contributed by atoms with Crippen LogP contribution in [-0.2, 0) is 20.8 Å². The lowest BCUT2D eigenvalue weighted by Gasteiger charge is -2.08. The van der Waals surface area contributed by atoms with E-state index in [1.165, 1.54) is 0 Å². The van der Waals surface area contributed by atoms with Crippen molar-refractivity contribution >= 4 is 5.97 Å². The summed E-state index contributed by atoms with van der Waals surface area (Å²) in [6.07, 6.45) is 0.859. The average molecular weight is 268 g/mol. The molecule has 0 radical (unpaired) electrons. The summed E-state index contributed by atoms with van der Waals surface area (Å²) >= 11 is 0. The Labute approximate surface area is 113 Å². The summed E-state index contributed by atoms with van der Waals surface area (Å²) in [5, 5.41) is 9.00. The minimum absolute atomic E-state index is 0.281. The molecule has 5 heteroatoms. The molecular formula is C14H20O5. The Balaban J connectivity index is 2.17. The van der Waals surface area contributed by atoms with Gasteiger partial charge < -0.3 is 19.3 Å². The SMILES string of the molecule is COCCCOCCOCc1ccccc1C(=O)O. The first-order valence-electron chi connectivity index (χ1n) is 6.21. The maximum absolute atomic E-state index is 11.0. The Hall–Kier alpha value is -1.43. The van der Waals surface area contributed by atoms with Crippen LogP contribution in [0, 0.1) is 0 Å². The van der Waals surface area contributed by atoms with Crippen molar-refractivity contribution in [2.75, 3.05) is 33.5 Å². The van der Waals surface area contributed by atoms with Crippen molar-refractivity contribution in [1.29, 1.82) is 0 Å². The van der Waals surface area contributed by atoms with E-state index in [1.54, 1.807) is 31.4 Å². The molecule has 19 heavy (non-hydrogen) atoms. The molecule has 0 amide bonds. The highest BCUT2D eigenvalue weighted by Crippen LogP contribution is 2.09. The zero-order chi connectivity index (χ0) is 13.9. The molecule has 0 fully saturated rings. The smallest absolute Gasteiger partial charge is 0.336 e. The molecule has 5 nitrogen and oxygen atoms in total. The van der Waals surface area contributed by atoms with Gasteiger partial charge in [0.15, 0.2) is 0 Å². The molecule has 0 aromatic heterocycles. The van der Waals surface area contributed by atoms with Gasteiger partial charge in [-0.3, -0.25) is 0 Å². The van der Waals surface area contributed by atoms with Gasteiger partial charge in [-0.2, -0.15) is 0 Å². The summed E-state index contributed by atoms with van der Waals surface area (Å²) < 4.78 is 15.6. The highest BCUT2D eigenvalue weighted by atomic mass is 16.5. The van der Waals surface area contributed by atoms with Crippen molar-refractivity contribution in [3.8, 4) is 0 Å². The van der Waals surface area contributed by atoms with E-state index in [9.17, 15) is 4.79 Å². The topological polar surface area (TPSA) is 65.0 Å². The molecule has 0 saturated heterocycles. The number of methoxy groups -OCH3 is 1. The van der Waals surface area contributed by atoms with Crippen molar-refractivity contribution < 1.29 is 24.1 Å². The summed E-state index contributed by atoms with van der Waals surface area (Å²) in [4.78, 5) is 11.0. The van der Waals surface area contributed by atoms with Crippen LogP contribution < -0.4 is 0 Å². The Kier molecular flexibility index (Phi) is 7.81. The van der Waals surface area contributed by atoms with E-state index in [1.807, 2.05) is 0 Å². The maximum Gasteiger partial charge on any atom is 0.336 e. The Bertz CT molecular complexity index is 378. The van der Waals surface area contributed by atoms with Crippen molar-refractivity contribution in [3.05, 3.63) is 35.4 Å². The molecular weight excluding hydrogens is 248 g/mol. The molecule has 106 valence electrons. The summed E-state index contributed by atoms with van der Waals surface area (Å²) in [6, 6.07) is 6.82. The maximum atomic E-state index is 11.0. The number of rotatable bonds is 10. The Morgan fingerprint density at radius 1 is 1.11 bits per heavy atom. The molecule has 0 bridgehead atoms. The fraction of sp³-hybridized carbons (Fsp3) is 0.500. The van der Waals surface area contributed by atoms with Crippen LogP contribution in [0.25, 0.3) is 0 Å². The first-order chi connectivity index (χ1) is 9.25. The molecule has 1 N–H and O–H groups in total. The van der Waals surface area contributed by atoms with Gasteiger partial charge in [-0.1, -0.05) is 18.2 Å². The molecule has 1 rings (SSSR count). The Morgan fingerprint density at radius 3 is 2.58 bits per heavy atom. The van der Waals surface area contributed by atoms with Crippen LogP contribution in [0.5, 0.6) is 0 Å². The minimum atomic E-state index is -0.935. The van der Waals surface area contributed by atoms with Gasteiger partial charge in [-0.05, 0) is 18.1 Å². The number of hydrogen-bond donors (Lipinski definition) is 1. The second-order valence-electron chi connectivity index (χ2n) is 3.97. The summed E-state index contributed by atoms with van der Waals surface area (Å²) in [5.74, 6) is -0.935. The molecule has 0 aliphatic heterocycles. The fourth-order valence-electron chi connectivity index (χ4n) is 1.56. The molecule has 0 aliphatic carbocycles. The van der Waals surface area contributed by atoms with Crippen molar-refractivity contribution in [2.45, 2.75) is 13.0 Å². The lowest BCUT2D eigenvalue weighted by molar-refractivity contribution is 0.0332. The molecule has 1 aromatic carbocycles. The normalized spacial score (nSPS) is 10.6. The van der Waals surface area contributed by atoms with Crippen LogP contribution in [0.4, 0.5) is 0 Å². The highest BCUT2D eigenvalue weighted by molar-refractivity contribution is 5.89. The largest absolute Gasteiger partial charge is 0.478 e. The van der Waals surface area contributed by atoms with E-state index >= 15 is 0 Å². The van der Waals surface area contributed by atoms with Gasteiger partial charge in [0.1, 0.15) is 0 Å². The van der Waals surface area contributed by atoms with Crippen molar-refractivity contribution in [1.82, 2.24) is 0 Å². The van der Waals surface area contributed by atoms with Gasteiger partial charge in [0.2, 0.25) is 0 Å². The summed E-state index contributed by atoms with van der Waals surface area (Å²) in [5.41, 5.74) is 0.956. The van der Waals surface area contributed by atoms with Gasteiger partial charge in [0, 0.05) is 20.3 Å². The average Bonchev–Trinajstić information content (AvgIpc) is 2.42. The van der Waals surface area contributed by atoms with E-state index in [0.717, 1.165) is 6.42 Å². The first-order valence-corrected chi connectivity index (χ1v) is 6.21. The monoisotopic (exact) mass is 268 g/mol. The molecule has 0 aliphatic rings. The molecule has 0 heterocycles. The van der Waals surface area contributed by atoms with Crippen LogP contribution in [0.15, 0.2) is 24.3 Å². The lowest BCUT2D eigenvalue weighted by atomic mass is 10.1. The zero-order valence-corrected chi connectivity index (χ0v) is 11.1. The number of carbonyl (C=O) groups is 1. The van der Waals surface area contributed by atoms with E-state index in [0.29, 0.717) is 32.0 Å². The van der Waals surface area contributed by atoms with Crippen LogP contribution in [0.3, 0.4) is 0 Å². The van der Waals surface area contributed by atoms with E-state index in [2.05, 4.69) is 0 Å². The third-order valence-electron chi connectivity index (χ3n) is 2.51. The summed E-state index contributed by atoms with van der Waals surface area (Å²) in [6.45, 7) is 2.56. The number of carboxylic acid groups (broad SMARTS) is 1. The lowest BCUT2D eigenvalue weighted by Crippen LogP contribution is -2.08. The van der Waals surface area contributed by atoms with Gasteiger partial charge in [-0.25, -0.2) is 4.79 Å². The molecule has 0 spiro atoms. The molecule has 0 atom stereocenters. The van der Waals surface area contributed by atoms with Crippen molar-refractivity contribution in [2.24, 2.45) is 0 Å². The van der Waals surface area contributed by atoms with E-state index in [-0.39, 0.29) is 12.2 Å². The summed E-state index contributed by atoms with van der Waals surface area (Å²) in [7, 11) is 1.66. The number of benzene rings is 1. The van der Waals surface area contributed by atoms with Gasteiger partial charge in [-0.15, -0.1) is 0 Å². The van der Waals surface area contributed by atoms with E-state index in [4.69, 9.17) is 19.3 Å². The van der Waals surface area contributed by atoms with Gasteiger partial charge in [0.05, 0.1) is 25.4 Å². The second-order valence-corrected chi connectivity index (χ2v) is 3.97. The zero-order valence-electron chi connectivity index (χ0n) is 11.1. The quantitative estimate of drug-likeness (QED) is 0.657. The van der Waals surface area contributed by atoms with Crippen molar-refractivity contribution in [3.63, 3.8) is 0 Å². The first kappa shape index (κ1) is 15.6. The second kappa shape index (κ2) is 9.49. The predicted molar refractivity (Wildman–Crippen MR) is 70.4 cm³/mol. The number of aromatic carboxylic acids is 1. The number of ether oxygens (including phenoxy) is 3. The standard InChI is InChI=1S/C14H20O5/c1-17-7-4-8-18-9-10-19-11-12-5-2-3-6-13(12)14(15)16/h2-3,5-6H,4,7-11H2,1H3,(H,15,16). The number of carboxylic acids is 1. The van der Waals surface area contributed by atoms with Gasteiger partial charge in [0.25, 0.3) is 0 Å². The minimum Gasteiger partial charge on any atom is -0.478 e. The van der Waals surface area contributed by atoms with Crippen LogP contribution in [0.2, 0.25) is 0 Å². The highest BCUT2D eigenvalue weighted by Gasteiger charge is 2.08. The fourth-order valence-corrected chi connectivity index (χ4v) is 1.56. The molecule has 0 unspecified atom stereocenters. The Morgan fingerprint density at radius 2 is 1.84 bits per heavy atom. The molecule has 0 saturated carbocycles. The van der Waals surface area contributed by atoms with Crippen LogP contribution in [0.1, 0.15) is 22.3 Å². The van der Waals surface area contributed by atoms with Crippen LogP contribution in [-0.4, -0.2) is 44.6 Å². The third kappa shape index (κ3) is 6.33. The van der Waals surface area contributed by atoms with Gasteiger partial charge >= 0.3 is 5.97 Å². The predicted octanol–water partition coefficient (Wildman–Crippen LogP) is 1.95.